The fraction of sp³-hybridized carbons (Fsp3) is 0.214. The number of hydrogen-bond donors (Lipinski definition) is 2. The predicted octanol–water partition coefficient (Wildman–Crippen LogP) is 3.23. The largest absolute Gasteiger partial charge is 0.340 e. The van der Waals surface area contributed by atoms with Crippen LogP contribution in [-0.4, -0.2) is 4.98 Å². The van der Waals surface area contributed by atoms with E-state index < -0.39 is 0 Å². The van der Waals surface area contributed by atoms with Crippen molar-refractivity contribution in [3.8, 4) is 0 Å². The van der Waals surface area contributed by atoms with E-state index in [2.05, 4.69) is 10.3 Å². The summed E-state index contributed by atoms with van der Waals surface area (Å²) in [5.41, 5.74) is 8.86. The normalized spacial score (nSPS) is 9.53. The first-order valence-corrected chi connectivity index (χ1v) is 5.26. The molecule has 0 aliphatic carbocycles. The van der Waals surface area contributed by atoms with Crippen molar-refractivity contribution < 1.29 is 0 Å². The molecule has 0 unspecified atom stereocenters. The number of nitrogens with one attached hydrogen (secondary N) is 1. The van der Waals surface area contributed by atoms with Crippen LogP contribution in [0.1, 0.15) is 18.6 Å². The van der Waals surface area contributed by atoms with Crippen molar-refractivity contribution >= 4 is 11.5 Å². The van der Waals surface area contributed by atoms with Crippen LogP contribution >= 0.6 is 0 Å². The first kappa shape index (κ1) is 13.2. The molecule has 0 bridgehead atoms. The zero-order chi connectivity index (χ0) is 11.4. The summed E-state index contributed by atoms with van der Waals surface area (Å²) >= 11 is 0. The molecule has 0 aliphatic rings. The lowest BCUT2D eigenvalue weighted by Gasteiger charge is -2.06. The molecule has 90 valence electrons. The molecule has 3 N–H and O–H groups in total. The molecule has 0 aliphatic heterocycles. The molecule has 0 saturated carbocycles. The minimum atomic E-state index is 0. The van der Waals surface area contributed by atoms with Gasteiger partial charge in [-0.15, -0.1) is 0 Å². The van der Waals surface area contributed by atoms with E-state index in [-0.39, 0.29) is 7.43 Å². The van der Waals surface area contributed by atoms with Gasteiger partial charge in [-0.1, -0.05) is 25.6 Å². The van der Waals surface area contributed by atoms with E-state index in [9.17, 15) is 0 Å². The van der Waals surface area contributed by atoms with E-state index in [1.54, 1.807) is 0 Å². The number of benzene rings is 1. The van der Waals surface area contributed by atoms with Crippen LogP contribution in [0.4, 0.5) is 11.5 Å². The van der Waals surface area contributed by atoms with Crippen molar-refractivity contribution in [3.05, 3.63) is 53.7 Å². The highest BCUT2D eigenvalue weighted by molar-refractivity contribution is 5.56. The second-order valence-electron chi connectivity index (χ2n) is 3.75. The highest BCUT2D eigenvalue weighted by atomic mass is 15.0. The molecule has 1 aromatic carbocycles. The van der Waals surface area contributed by atoms with E-state index in [1.807, 2.05) is 49.5 Å². The third-order valence-corrected chi connectivity index (χ3v) is 2.35. The van der Waals surface area contributed by atoms with E-state index in [0.717, 1.165) is 22.6 Å². The van der Waals surface area contributed by atoms with Crippen LogP contribution in [-0.2, 0) is 6.54 Å². The number of hydrogen-bond acceptors (Lipinski definition) is 3. The molecule has 0 atom stereocenters. The van der Waals surface area contributed by atoms with E-state index in [4.69, 9.17) is 5.73 Å². The molecule has 2 rings (SSSR count). The van der Waals surface area contributed by atoms with Crippen molar-refractivity contribution in [2.45, 2.75) is 20.9 Å². The maximum atomic E-state index is 5.59. The van der Waals surface area contributed by atoms with Gasteiger partial charge in [-0.3, -0.25) is 0 Å². The fourth-order valence-corrected chi connectivity index (χ4v) is 1.47. The third kappa shape index (κ3) is 3.57. The Morgan fingerprint density at radius 3 is 2.71 bits per heavy atom. The third-order valence-electron chi connectivity index (χ3n) is 2.35. The van der Waals surface area contributed by atoms with Crippen molar-refractivity contribution in [3.63, 3.8) is 0 Å². The van der Waals surface area contributed by atoms with Gasteiger partial charge in [0.15, 0.2) is 0 Å². The summed E-state index contributed by atoms with van der Waals surface area (Å²) in [6.07, 6.45) is 1.84. The van der Waals surface area contributed by atoms with Crippen molar-refractivity contribution in [2.75, 3.05) is 5.32 Å². The van der Waals surface area contributed by atoms with Gasteiger partial charge >= 0.3 is 0 Å². The van der Waals surface area contributed by atoms with Gasteiger partial charge in [-0.2, -0.15) is 0 Å². The van der Waals surface area contributed by atoms with Gasteiger partial charge in [0.25, 0.3) is 0 Å². The summed E-state index contributed by atoms with van der Waals surface area (Å²) < 4.78 is 0. The van der Waals surface area contributed by atoms with Gasteiger partial charge in [0.05, 0.1) is 0 Å². The van der Waals surface area contributed by atoms with E-state index >= 15 is 0 Å². The molecular formula is C14H19N3. The van der Waals surface area contributed by atoms with Crippen LogP contribution in [0.25, 0.3) is 0 Å². The number of anilines is 2. The molecule has 0 amide bonds. The van der Waals surface area contributed by atoms with Crippen LogP contribution in [0.15, 0.2) is 42.6 Å². The molecule has 2 aromatic rings. The fourth-order valence-electron chi connectivity index (χ4n) is 1.47. The first-order valence-electron chi connectivity index (χ1n) is 5.26. The lowest BCUT2D eigenvalue weighted by atomic mass is 10.2. The Morgan fingerprint density at radius 2 is 2.06 bits per heavy atom. The number of nitrogens with two attached hydrogens (primary N) is 1. The monoisotopic (exact) mass is 229 g/mol. The molecule has 17 heavy (non-hydrogen) atoms. The molecular weight excluding hydrogens is 210 g/mol. The Morgan fingerprint density at radius 1 is 1.24 bits per heavy atom. The lowest BCUT2D eigenvalue weighted by molar-refractivity contribution is 1.07. The minimum Gasteiger partial charge on any atom is -0.340 e. The van der Waals surface area contributed by atoms with Gasteiger partial charge in [0, 0.05) is 18.4 Å². The van der Waals surface area contributed by atoms with Crippen LogP contribution in [0.5, 0.6) is 0 Å². The summed E-state index contributed by atoms with van der Waals surface area (Å²) in [5, 5.41) is 3.24. The van der Waals surface area contributed by atoms with Gasteiger partial charge in [-0.05, 0) is 36.2 Å². The standard InChI is InChI=1S/C13H15N3.CH4/c1-10-5-6-13(15-9-10)16-12-4-2-3-11(7-12)8-14;/h2-7,9H,8,14H2,1H3,(H,15,16);1H4. The Balaban J connectivity index is 0.00000144. The zero-order valence-electron chi connectivity index (χ0n) is 9.27. The Kier molecular flexibility index (Phi) is 4.67. The van der Waals surface area contributed by atoms with Crippen LogP contribution in [0.2, 0.25) is 0 Å². The van der Waals surface area contributed by atoms with Crippen LogP contribution in [0, 0.1) is 6.92 Å². The summed E-state index contributed by atoms with van der Waals surface area (Å²) in [7, 11) is 0. The van der Waals surface area contributed by atoms with E-state index in [1.165, 1.54) is 0 Å². The van der Waals surface area contributed by atoms with Gasteiger partial charge in [0.1, 0.15) is 5.82 Å². The quantitative estimate of drug-likeness (QED) is 0.849. The van der Waals surface area contributed by atoms with Gasteiger partial charge in [0.2, 0.25) is 0 Å². The SMILES string of the molecule is C.Cc1ccc(Nc2cccc(CN)c2)nc1. The topological polar surface area (TPSA) is 50.9 Å². The number of aryl methyl sites for hydroxylation is 1. The van der Waals surface area contributed by atoms with Gasteiger partial charge < -0.3 is 11.1 Å². The highest BCUT2D eigenvalue weighted by Crippen LogP contribution is 2.15. The molecule has 1 heterocycles. The average molecular weight is 229 g/mol. The number of aromatic nitrogens is 1. The smallest absolute Gasteiger partial charge is 0.130 e. The van der Waals surface area contributed by atoms with Crippen LogP contribution < -0.4 is 11.1 Å². The molecule has 3 heteroatoms. The van der Waals surface area contributed by atoms with Crippen molar-refractivity contribution in [2.24, 2.45) is 5.73 Å². The highest BCUT2D eigenvalue weighted by Gasteiger charge is 1.96. The molecule has 0 saturated heterocycles. The minimum absolute atomic E-state index is 0. The average Bonchev–Trinajstić information content (AvgIpc) is 2.32. The maximum absolute atomic E-state index is 5.59. The molecule has 3 nitrogen and oxygen atoms in total. The zero-order valence-corrected chi connectivity index (χ0v) is 9.27. The number of pyridine rings is 1. The number of nitrogens with zero attached hydrogens (tertiary/aromatic N) is 1. The van der Waals surface area contributed by atoms with Crippen LogP contribution in [0.3, 0.4) is 0 Å². The van der Waals surface area contributed by atoms with Gasteiger partial charge in [-0.25, -0.2) is 4.98 Å². The first-order chi connectivity index (χ1) is 7.78. The summed E-state index contributed by atoms with van der Waals surface area (Å²) in [4.78, 5) is 4.29. The summed E-state index contributed by atoms with van der Waals surface area (Å²) in [6.45, 7) is 2.57. The van der Waals surface area contributed by atoms with E-state index in [0.29, 0.717) is 6.54 Å². The Bertz CT molecular complexity index is 463. The number of rotatable bonds is 3. The molecule has 0 fully saturated rings. The Hall–Kier alpha value is -1.87. The van der Waals surface area contributed by atoms with Crippen molar-refractivity contribution in [1.82, 2.24) is 4.98 Å². The lowest BCUT2D eigenvalue weighted by Crippen LogP contribution is -1.98. The summed E-state index contributed by atoms with van der Waals surface area (Å²) in [5.74, 6) is 0.847. The Labute approximate surface area is 103 Å². The molecule has 0 radical (unpaired) electrons. The molecule has 1 aromatic heterocycles. The predicted molar refractivity (Wildman–Crippen MR) is 73.3 cm³/mol. The summed E-state index contributed by atoms with van der Waals surface area (Å²) in [6, 6.07) is 12.0. The molecule has 0 spiro atoms. The van der Waals surface area contributed by atoms with Crippen molar-refractivity contribution in [1.29, 1.82) is 0 Å². The second-order valence-corrected chi connectivity index (χ2v) is 3.75. The maximum Gasteiger partial charge on any atom is 0.130 e. The second kappa shape index (κ2) is 6.01.